The fourth-order valence-corrected chi connectivity index (χ4v) is 4.11. The van der Waals surface area contributed by atoms with Crippen LogP contribution < -0.4 is 10.0 Å². The number of benzene rings is 2. The highest BCUT2D eigenvalue weighted by Gasteiger charge is 2.33. The molecule has 0 aliphatic carbocycles. The Hall–Kier alpha value is -2.18. The Balaban J connectivity index is 1.84. The molecule has 0 bridgehead atoms. The molecule has 0 fully saturated rings. The van der Waals surface area contributed by atoms with E-state index in [1.54, 1.807) is 12.1 Å². The highest BCUT2D eigenvalue weighted by molar-refractivity contribution is 7.89. The number of hydrogen-bond acceptors (Lipinski definition) is 3. The number of fused-ring (bicyclic) bond motifs is 1. The molecular formula is C19H22N2O3S. The number of anilines is 1. The summed E-state index contributed by atoms with van der Waals surface area (Å²) < 4.78 is 27.9. The lowest BCUT2D eigenvalue weighted by Crippen LogP contribution is -2.23. The van der Waals surface area contributed by atoms with Gasteiger partial charge in [0.2, 0.25) is 15.9 Å². The third-order valence-corrected chi connectivity index (χ3v) is 5.86. The van der Waals surface area contributed by atoms with Crippen LogP contribution in [0.1, 0.15) is 36.5 Å². The molecule has 1 amide bonds. The molecule has 3 rings (SSSR count). The smallest absolute Gasteiger partial charge is 0.240 e. The lowest BCUT2D eigenvalue weighted by Gasteiger charge is -2.14. The highest BCUT2D eigenvalue weighted by atomic mass is 32.2. The average Bonchev–Trinajstić information content (AvgIpc) is 2.89. The fourth-order valence-electron chi connectivity index (χ4n) is 3.06. The van der Waals surface area contributed by atoms with Crippen LogP contribution in [-0.2, 0) is 21.4 Å². The van der Waals surface area contributed by atoms with Crippen LogP contribution in [0.4, 0.5) is 5.69 Å². The van der Waals surface area contributed by atoms with Crippen LogP contribution in [0.2, 0.25) is 0 Å². The molecule has 1 heterocycles. The molecule has 0 aromatic heterocycles. The van der Waals surface area contributed by atoms with Gasteiger partial charge in [-0.1, -0.05) is 43.7 Å². The zero-order valence-electron chi connectivity index (χ0n) is 14.5. The van der Waals surface area contributed by atoms with E-state index in [4.69, 9.17) is 0 Å². The maximum atomic E-state index is 12.6. The molecule has 1 aliphatic heterocycles. The minimum atomic E-state index is -3.65. The molecule has 5 nitrogen and oxygen atoms in total. The Morgan fingerprint density at radius 2 is 1.80 bits per heavy atom. The van der Waals surface area contributed by atoms with Crippen molar-refractivity contribution in [3.63, 3.8) is 0 Å². The van der Waals surface area contributed by atoms with E-state index in [9.17, 15) is 13.2 Å². The second-order valence-electron chi connectivity index (χ2n) is 6.77. The van der Waals surface area contributed by atoms with Crippen molar-refractivity contribution in [3.05, 3.63) is 59.2 Å². The first kappa shape index (κ1) is 17.6. The van der Waals surface area contributed by atoms with E-state index in [-0.39, 0.29) is 29.2 Å². The van der Waals surface area contributed by atoms with Gasteiger partial charge in [-0.15, -0.1) is 0 Å². The molecule has 2 aromatic rings. The van der Waals surface area contributed by atoms with Gasteiger partial charge < -0.3 is 5.32 Å². The van der Waals surface area contributed by atoms with Crippen molar-refractivity contribution in [3.8, 4) is 0 Å². The Labute approximate surface area is 148 Å². The average molecular weight is 358 g/mol. The molecule has 0 spiro atoms. The standard InChI is InChI=1S/C19H22N2O3S/c1-12(2)18-16-10-15(8-9-17(16)21-19(18)22)25(23,24)20-11-14-6-4-13(3)5-7-14/h4-10,12,18,20H,11H2,1-3H3,(H,21,22)/t18-/m0/s1. The highest BCUT2D eigenvalue weighted by Crippen LogP contribution is 2.38. The SMILES string of the molecule is Cc1ccc(CNS(=O)(=O)c2ccc3c(c2)[C@H](C(C)C)C(=O)N3)cc1. The Morgan fingerprint density at radius 3 is 2.44 bits per heavy atom. The van der Waals surface area contributed by atoms with Gasteiger partial charge in [0.15, 0.2) is 0 Å². The van der Waals surface area contributed by atoms with E-state index in [1.807, 2.05) is 45.0 Å². The predicted octanol–water partition coefficient (Wildman–Crippen LogP) is 3.17. The summed E-state index contributed by atoms with van der Waals surface area (Å²) in [5, 5.41) is 2.82. The minimum absolute atomic E-state index is 0.0767. The van der Waals surface area contributed by atoms with Gasteiger partial charge in [0, 0.05) is 12.2 Å². The molecule has 0 saturated carbocycles. The van der Waals surface area contributed by atoms with E-state index in [0.717, 1.165) is 16.7 Å². The number of aryl methyl sites for hydroxylation is 1. The molecule has 25 heavy (non-hydrogen) atoms. The summed E-state index contributed by atoms with van der Waals surface area (Å²) in [6.45, 7) is 6.12. The summed E-state index contributed by atoms with van der Waals surface area (Å²) >= 11 is 0. The summed E-state index contributed by atoms with van der Waals surface area (Å²) in [5.74, 6) is -0.297. The number of carbonyl (C=O) groups excluding carboxylic acids is 1. The van der Waals surface area contributed by atoms with E-state index in [0.29, 0.717) is 5.69 Å². The summed E-state index contributed by atoms with van der Waals surface area (Å²) in [7, 11) is -3.65. The van der Waals surface area contributed by atoms with Crippen LogP contribution in [0.15, 0.2) is 47.4 Å². The first-order valence-corrected chi connectivity index (χ1v) is 9.76. The third kappa shape index (κ3) is 3.60. The van der Waals surface area contributed by atoms with Crippen molar-refractivity contribution in [2.75, 3.05) is 5.32 Å². The van der Waals surface area contributed by atoms with Gasteiger partial charge in [-0.3, -0.25) is 4.79 Å². The molecule has 0 radical (unpaired) electrons. The third-order valence-electron chi connectivity index (χ3n) is 4.46. The molecule has 6 heteroatoms. The van der Waals surface area contributed by atoms with Crippen LogP contribution >= 0.6 is 0 Å². The first-order chi connectivity index (χ1) is 11.8. The molecule has 1 atom stereocenters. The van der Waals surface area contributed by atoms with Crippen LogP contribution in [0.3, 0.4) is 0 Å². The number of nitrogens with one attached hydrogen (secondary N) is 2. The summed E-state index contributed by atoms with van der Waals surface area (Å²) in [6, 6.07) is 12.5. The molecule has 1 aliphatic rings. The molecule has 0 unspecified atom stereocenters. The van der Waals surface area contributed by atoms with E-state index in [1.165, 1.54) is 6.07 Å². The maximum Gasteiger partial charge on any atom is 0.240 e. The number of amides is 1. The minimum Gasteiger partial charge on any atom is -0.325 e. The van der Waals surface area contributed by atoms with Gasteiger partial charge in [0.1, 0.15) is 0 Å². The van der Waals surface area contributed by atoms with Crippen LogP contribution in [0.5, 0.6) is 0 Å². The van der Waals surface area contributed by atoms with E-state index >= 15 is 0 Å². The topological polar surface area (TPSA) is 75.3 Å². The van der Waals surface area contributed by atoms with Crippen molar-refractivity contribution in [1.82, 2.24) is 4.72 Å². The Morgan fingerprint density at radius 1 is 1.12 bits per heavy atom. The lowest BCUT2D eigenvalue weighted by molar-refractivity contribution is -0.117. The predicted molar refractivity (Wildman–Crippen MR) is 97.9 cm³/mol. The van der Waals surface area contributed by atoms with Crippen molar-refractivity contribution >= 4 is 21.6 Å². The van der Waals surface area contributed by atoms with Crippen molar-refractivity contribution in [1.29, 1.82) is 0 Å². The maximum absolute atomic E-state index is 12.6. The Bertz CT molecular complexity index is 903. The largest absolute Gasteiger partial charge is 0.325 e. The van der Waals surface area contributed by atoms with Gasteiger partial charge in [0.05, 0.1) is 10.8 Å². The molecule has 2 aromatic carbocycles. The van der Waals surface area contributed by atoms with Crippen molar-refractivity contribution in [2.24, 2.45) is 5.92 Å². The van der Waals surface area contributed by atoms with Crippen molar-refractivity contribution in [2.45, 2.75) is 38.1 Å². The number of hydrogen-bond donors (Lipinski definition) is 2. The first-order valence-electron chi connectivity index (χ1n) is 8.28. The Kier molecular flexibility index (Phi) is 4.67. The zero-order chi connectivity index (χ0) is 18.2. The molecule has 2 N–H and O–H groups in total. The van der Waals surface area contributed by atoms with E-state index in [2.05, 4.69) is 10.0 Å². The van der Waals surface area contributed by atoms with Gasteiger partial charge in [-0.05, 0) is 42.2 Å². The number of rotatable bonds is 5. The van der Waals surface area contributed by atoms with Crippen LogP contribution in [-0.4, -0.2) is 14.3 Å². The van der Waals surface area contributed by atoms with Crippen LogP contribution in [0.25, 0.3) is 0 Å². The number of carbonyl (C=O) groups is 1. The lowest BCUT2D eigenvalue weighted by atomic mass is 9.90. The second kappa shape index (κ2) is 6.61. The molecule has 0 saturated heterocycles. The van der Waals surface area contributed by atoms with Crippen molar-refractivity contribution < 1.29 is 13.2 Å². The summed E-state index contributed by atoms with van der Waals surface area (Å²) in [5.41, 5.74) is 3.47. The van der Waals surface area contributed by atoms with Gasteiger partial charge in [-0.25, -0.2) is 13.1 Å². The second-order valence-corrected chi connectivity index (χ2v) is 8.54. The number of sulfonamides is 1. The fraction of sp³-hybridized carbons (Fsp3) is 0.316. The van der Waals surface area contributed by atoms with Gasteiger partial charge >= 0.3 is 0 Å². The quantitative estimate of drug-likeness (QED) is 0.862. The monoisotopic (exact) mass is 358 g/mol. The van der Waals surface area contributed by atoms with Gasteiger partial charge in [0.25, 0.3) is 0 Å². The summed E-state index contributed by atoms with van der Waals surface area (Å²) in [4.78, 5) is 12.3. The molecule has 132 valence electrons. The zero-order valence-corrected chi connectivity index (χ0v) is 15.4. The summed E-state index contributed by atoms with van der Waals surface area (Å²) in [6.07, 6.45) is 0. The van der Waals surface area contributed by atoms with E-state index < -0.39 is 10.0 Å². The molecular weight excluding hydrogens is 336 g/mol. The van der Waals surface area contributed by atoms with Gasteiger partial charge in [-0.2, -0.15) is 0 Å². The normalized spacial score (nSPS) is 16.8. The van der Waals surface area contributed by atoms with Crippen LogP contribution in [0, 0.1) is 12.8 Å².